The highest BCUT2D eigenvalue weighted by atomic mass is 16.1. The summed E-state index contributed by atoms with van der Waals surface area (Å²) in [4.78, 5) is 23.4. The van der Waals surface area contributed by atoms with Crippen molar-refractivity contribution < 1.29 is 9.59 Å². The standard InChI is InChI=1S/C21H17NO2/c1-15(23)22-20-8-4-7-19(14-20)21(24)12-10-16-9-11-17-5-2-3-6-18(17)13-16/h2-14H,1H3,(H,22,23). The molecule has 3 aromatic rings. The maximum Gasteiger partial charge on any atom is 0.221 e. The molecule has 0 aliphatic heterocycles. The molecule has 3 aromatic carbocycles. The molecule has 0 spiro atoms. The molecule has 0 saturated heterocycles. The first-order valence-corrected chi connectivity index (χ1v) is 7.71. The summed E-state index contributed by atoms with van der Waals surface area (Å²) in [6.45, 7) is 1.44. The second kappa shape index (κ2) is 6.92. The zero-order valence-electron chi connectivity index (χ0n) is 13.3. The lowest BCUT2D eigenvalue weighted by molar-refractivity contribution is -0.114. The van der Waals surface area contributed by atoms with E-state index in [4.69, 9.17) is 0 Å². The molecule has 0 saturated carbocycles. The van der Waals surface area contributed by atoms with Gasteiger partial charge >= 0.3 is 0 Å². The largest absolute Gasteiger partial charge is 0.326 e. The Morgan fingerprint density at radius 3 is 2.46 bits per heavy atom. The van der Waals surface area contributed by atoms with Crippen LogP contribution in [0.15, 0.2) is 72.8 Å². The Bertz CT molecular complexity index is 941. The number of fused-ring (bicyclic) bond motifs is 1. The van der Waals surface area contributed by atoms with Gasteiger partial charge in [0.25, 0.3) is 0 Å². The molecular weight excluding hydrogens is 298 g/mol. The molecule has 0 aromatic heterocycles. The van der Waals surface area contributed by atoms with Gasteiger partial charge in [-0.2, -0.15) is 0 Å². The summed E-state index contributed by atoms with van der Waals surface area (Å²) in [5.41, 5.74) is 2.13. The molecule has 3 rings (SSSR count). The molecule has 0 atom stereocenters. The van der Waals surface area contributed by atoms with E-state index in [1.54, 1.807) is 36.4 Å². The van der Waals surface area contributed by atoms with Crippen LogP contribution in [0.2, 0.25) is 0 Å². The monoisotopic (exact) mass is 315 g/mol. The molecule has 0 aliphatic rings. The Labute approximate surface area is 140 Å². The third-order valence-electron chi connectivity index (χ3n) is 3.67. The van der Waals surface area contributed by atoms with Crippen molar-refractivity contribution >= 4 is 34.2 Å². The summed E-state index contributed by atoms with van der Waals surface area (Å²) in [7, 11) is 0. The van der Waals surface area contributed by atoms with Gasteiger partial charge in [-0.1, -0.05) is 54.6 Å². The van der Waals surface area contributed by atoms with Crippen LogP contribution in [0.1, 0.15) is 22.8 Å². The third-order valence-corrected chi connectivity index (χ3v) is 3.67. The molecule has 0 fully saturated rings. The van der Waals surface area contributed by atoms with E-state index in [1.165, 1.54) is 12.3 Å². The summed E-state index contributed by atoms with van der Waals surface area (Å²) in [6.07, 6.45) is 3.36. The number of amides is 1. The SMILES string of the molecule is CC(=O)Nc1cccc(C(=O)C=Cc2ccc3ccccc3c2)c1. The number of carbonyl (C=O) groups is 2. The molecule has 0 bridgehead atoms. The van der Waals surface area contributed by atoms with Gasteiger partial charge in [-0.15, -0.1) is 0 Å². The van der Waals surface area contributed by atoms with Crippen LogP contribution in [0, 0.1) is 0 Å². The minimum atomic E-state index is -0.161. The summed E-state index contributed by atoms with van der Waals surface area (Å²) < 4.78 is 0. The van der Waals surface area contributed by atoms with E-state index < -0.39 is 0 Å². The molecule has 1 amide bonds. The molecular formula is C21H17NO2. The molecule has 24 heavy (non-hydrogen) atoms. The van der Waals surface area contributed by atoms with E-state index >= 15 is 0 Å². The molecule has 0 unspecified atom stereocenters. The fourth-order valence-corrected chi connectivity index (χ4v) is 2.53. The van der Waals surface area contributed by atoms with Crippen molar-refractivity contribution in [3.8, 4) is 0 Å². The highest BCUT2D eigenvalue weighted by Crippen LogP contribution is 2.17. The number of hydrogen-bond acceptors (Lipinski definition) is 2. The third kappa shape index (κ3) is 3.76. The maximum absolute atomic E-state index is 12.3. The minimum Gasteiger partial charge on any atom is -0.326 e. The van der Waals surface area contributed by atoms with Crippen LogP contribution < -0.4 is 5.32 Å². The molecule has 118 valence electrons. The van der Waals surface area contributed by atoms with E-state index in [2.05, 4.69) is 11.4 Å². The average molecular weight is 315 g/mol. The summed E-state index contributed by atoms with van der Waals surface area (Å²) in [6, 6.07) is 21.1. The van der Waals surface area contributed by atoms with Gasteiger partial charge < -0.3 is 5.32 Å². The van der Waals surface area contributed by atoms with Gasteiger partial charge in [0, 0.05) is 18.2 Å². The van der Waals surface area contributed by atoms with Gasteiger partial charge in [-0.25, -0.2) is 0 Å². The molecule has 1 N–H and O–H groups in total. The van der Waals surface area contributed by atoms with Crippen LogP contribution in [0.4, 0.5) is 5.69 Å². The number of rotatable bonds is 4. The predicted molar refractivity (Wildman–Crippen MR) is 98.1 cm³/mol. The lowest BCUT2D eigenvalue weighted by atomic mass is 10.1. The maximum atomic E-state index is 12.3. The smallest absolute Gasteiger partial charge is 0.221 e. The van der Waals surface area contributed by atoms with Crippen LogP contribution in [-0.2, 0) is 4.79 Å². The van der Waals surface area contributed by atoms with Crippen molar-refractivity contribution in [1.29, 1.82) is 0 Å². The van der Waals surface area contributed by atoms with Crippen LogP contribution in [0.25, 0.3) is 16.8 Å². The van der Waals surface area contributed by atoms with Crippen molar-refractivity contribution in [2.24, 2.45) is 0 Å². The molecule has 0 aliphatic carbocycles. The normalized spacial score (nSPS) is 10.9. The zero-order valence-corrected chi connectivity index (χ0v) is 13.3. The first kappa shape index (κ1) is 15.7. The summed E-state index contributed by atoms with van der Waals surface area (Å²) >= 11 is 0. The van der Waals surface area contributed by atoms with Crippen LogP contribution in [-0.4, -0.2) is 11.7 Å². The topological polar surface area (TPSA) is 46.2 Å². The molecule has 0 radical (unpaired) electrons. The van der Waals surface area contributed by atoms with Gasteiger partial charge in [0.2, 0.25) is 5.91 Å². The van der Waals surface area contributed by atoms with Crippen molar-refractivity contribution in [3.05, 3.63) is 83.9 Å². The fourth-order valence-electron chi connectivity index (χ4n) is 2.53. The van der Waals surface area contributed by atoms with Crippen molar-refractivity contribution in [2.45, 2.75) is 6.92 Å². The number of carbonyl (C=O) groups excluding carboxylic acids is 2. The first-order valence-electron chi connectivity index (χ1n) is 7.71. The number of ketones is 1. The Balaban J connectivity index is 1.80. The Kier molecular flexibility index (Phi) is 4.52. The number of nitrogens with one attached hydrogen (secondary N) is 1. The lowest BCUT2D eigenvalue weighted by Crippen LogP contribution is -2.06. The van der Waals surface area contributed by atoms with Gasteiger partial charge in [0.1, 0.15) is 0 Å². The van der Waals surface area contributed by atoms with E-state index in [9.17, 15) is 9.59 Å². The minimum absolute atomic E-state index is 0.102. The highest BCUT2D eigenvalue weighted by Gasteiger charge is 2.04. The zero-order chi connectivity index (χ0) is 16.9. The molecule has 3 heteroatoms. The summed E-state index contributed by atoms with van der Waals surface area (Å²) in [5, 5.41) is 4.99. The lowest BCUT2D eigenvalue weighted by Gasteiger charge is -2.03. The number of anilines is 1. The predicted octanol–water partition coefficient (Wildman–Crippen LogP) is 4.69. The van der Waals surface area contributed by atoms with E-state index in [1.807, 2.05) is 36.4 Å². The summed E-state index contributed by atoms with van der Waals surface area (Å²) in [5.74, 6) is -0.262. The van der Waals surface area contributed by atoms with E-state index in [0.29, 0.717) is 11.3 Å². The fraction of sp³-hybridized carbons (Fsp3) is 0.0476. The van der Waals surface area contributed by atoms with Crippen LogP contribution in [0.5, 0.6) is 0 Å². The molecule has 3 nitrogen and oxygen atoms in total. The first-order chi connectivity index (χ1) is 11.6. The van der Waals surface area contributed by atoms with Gasteiger partial charge in [0.05, 0.1) is 0 Å². The number of allylic oxidation sites excluding steroid dienone is 1. The van der Waals surface area contributed by atoms with E-state index in [0.717, 1.165) is 10.9 Å². The second-order valence-corrected chi connectivity index (χ2v) is 5.57. The Morgan fingerprint density at radius 1 is 0.875 bits per heavy atom. The average Bonchev–Trinajstić information content (AvgIpc) is 2.59. The van der Waals surface area contributed by atoms with Gasteiger partial charge in [0.15, 0.2) is 5.78 Å². The number of hydrogen-bond donors (Lipinski definition) is 1. The highest BCUT2D eigenvalue weighted by molar-refractivity contribution is 6.07. The van der Waals surface area contributed by atoms with Gasteiger partial charge in [-0.05, 0) is 40.6 Å². The van der Waals surface area contributed by atoms with Crippen molar-refractivity contribution in [2.75, 3.05) is 5.32 Å². The van der Waals surface area contributed by atoms with Crippen molar-refractivity contribution in [3.63, 3.8) is 0 Å². The van der Waals surface area contributed by atoms with Crippen LogP contribution in [0.3, 0.4) is 0 Å². The number of benzene rings is 3. The molecule has 0 heterocycles. The Hall–Kier alpha value is -3.20. The van der Waals surface area contributed by atoms with E-state index in [-0.39, 0.29) is 11.7 Å². The second-order valence-electron chi connectivity index (χ2n) is 5.57. The van der Waals surface area contributed by atoms with Crippen molar-refractivity contribution in [1.82, 2.24) is 0 Å². The Morgan fingerprint density at radius 2 is 1.67 bits per heavy atom. The van der Waals surface area contributed by atoms with Gasteiger partial charge in [-0.3, -0.25) is 9.59 Å². The van der Waals surface area contributed by atoms with Crippen LogP contribution >= 0.6 is 0 Å². The quantitative estimate of drug-likeness (QED) is 0.560.